The minimum atomic E-state index is -3.71. The zero-order chi connectivity index (χ0) is 14.8. The largest absolute Gasteiger partial charge is 0.299 e. The number of hydrogen-bond donors (Lipinski definition) is 0. The van der Waals surface area contributed by atoms with Crippen molar-refractivity contribution in [2.24, 2.45) is 5.92 Å². The third-order valence-electron chi connectivity index (χ3n) is 2.67. The van der Waals surface area contributed by atoms with E-state index in [4.69, 9.17) is 0 Å². The van der Waals surface area contributed by atoms with Crippen LogP contribution < -0.4 is 0 Å². The molecule has 1 rings (SSSR count). The molecule has 6 nitrogen and oxygen atoms in total. The van der Waals surface area contributed by atoms with E-state index in [9.17, 15) is 23.3 Å². The van der Waals surface area contributed by atoms with Gasteiger partial charge in [-0.3, -0.25) is 14.9 Å². The molecular weight excluding hydrogens is 270 g/mol. The molecule has 0 aliphatic heterocycles. The van der Waals surface area contributed by atoms with E-state index in [2.05, 4.69) is 0 Å². The number of nitrogens with zero attached hydrogens (tertiary/aromatic N) is 1. The lowest BCUT2D eigenvalue weighted by atomic mass is 10.00. The first-order valence-corrected chi connectivity index (χ1v) is 7.52. The van der Waals surface area contributed by atoms with E-state index in [0.717, 1.165) is 6.26 Å². The van der Waals surface area contributed by atoms with Gasteiger partial charge in [-0.1, -0.05) is 26.0 Å². The van der Waals surface area contributed by atoms with Crippen molar-refractivity contribution in [2.45, 2.75) is 25.2 Å². The highest BCUT2D eigenvalue weighted by atomic mass is 32.2. The second kappa shape index (κ2) is 5.48. The molecule has 0 spiro atoms. The van der Waals surface area contributed by atoms with E-state index in [-0.39, 0.29) is 28.6 Å². The quantitative estimate of drug-likeness (QED) is 0.607. The van der Waals surface area contributed by atoms with E-state index in [1.54, 1.807) is 13.8 Å². The Morgan fingerprint density at radius 1 is 1.37 bits per heavy atom. The molecule has 1 aromatic carbocycles. The molecule has 0 aromatic heterocycles. The molecule has 0 unspecified atom stereocenters. The minimum absolute atomic E-state index is 0.131. The van der Waals surface area contributed by atoms with Crippen molar-refractivity contribution in [2.75, 3.05) is 6.26 Å². The van der Waals surface area contributed by atoms with E-state index >= 15 is 0 Å². The summed E-state index contributed by atoms with van der Waals surface area (Å²) < 4.78 is 23.1. The van der Waals surface area contributed by atoms with Crippen molar-refractivity contribution >= 4 is 21.3 Å². The molecule has 0 fully saturated rings. The third-order valence-corrected chi connectivity index (χ3v) is 3.80. The maximum absolute atomic E-state index is 11.7. The number of para-hydroxylation sites is 1. The van der Waals surface area contributed by atoms with Crippen LogP contribution in [0.15, 0.2) is 23.1 Å². The number of rotatable bonds is 5. The molecule has 0 radical (unpaired) electrons. The van der Waals surface area contributed by atoms with Crippen LogP contribution in [0, 0.1) is 16.0 Å². The first-order chi connectivity index (χ1) is 8.64. The Morgan fingerprint density at radius 3 is 2.37 bits per heavy atom. The van der Waals surface area contributed by atoms with Gasteiger partial charge in [-0.2, -0.15) is 0 Å². The molecule has 0 atom stereocenters. The van der Waals surface area contributed by atoms with Gasteiger partial charge in [0.05, 0.1) is 4.92 Å². The maximum Gasteiger partial charge on any atom is 0.291 e. The number of sulfone groups is 1. The smallest absolute Gasteiger partial charge is 0.291 e. The van der Waals surface area contributed by atoms with Crippen LogP contribution in [0.3, 0.4) is 0 Å². The topological polar surface area (TPSA) is 94.3 Å². The molecule has 1 aromatic rings. The summed E-state index contributed by atoms with van der Waals surface area (Å²) in [7, 11) is -3.71. The number of hydrogen-bond acceptors (Lipinski definition) is 5. The van der Waals surface area contributed by atoms with E-state index < -0.39 is 20.4 Å². The van der Waals surface area contributed by atoms with Gasteiger partial charge in [0.1, 0.15) is 10.7 Å². The number of benzene rings is 1. The summed E-state index contributed by atoms with van der Waals surface area (Å²) in [5.41, 5.74) is -0.370. The Balaban J connectivity index is 3.42. The predicted molar refractivity (Wildman–Crippen MR) is 69.8 cm³/mol. The van der Waals surface area contributed by atoms with Crippen molar-refractivity contribution in [3.8, 4) is 0 Å². The molecule has 7 heteroatoms. The molecule has 0 aliphatic carbocycles. The molecule has 0 bridgehead atoms. The van der Waals surface area contributed by atoms with Crippen molar-refractivity contribution in [3.05, 3.63) is 33.9 Å². The number of carbonyl (C=O) groups excluding carboxylic acids is 1. The highest BCUT2D eigenvalue weighted by molar-refractivity contribution is 7.90. The summed E-state index contributed by atoms with van der Waals surface area (Å²) in [6.45, 7) is 3.38. The number of carbonyl (C=O) groups is 1. The lowest BCUT2D eigenvalue weighted by Crippen LogP contribution is -2.13. The molecule has 104 valence electrons. The second-order valence-corrected chi connectivity index (χ2v) is 6.58. The molecule has 0 saturated heterocycles. The standard InChI is InChI=1S/C12H15NO5S/c1-8(2)10(14)7-9-5-4-6-11(19(3,17)18)12(9)13(15)16/h4-6,8H,7H2,1-3H3. The Labute approximate surface area is 111 Å². The molecule has 0 heterocycles. The number of nitro benzene ring substituents is 1. The fourth-order valence-electron chi connectivity index (χ4n) is 1.61. The Hall–Kier alpha value is -1.76. The summed E-state index contributed by atoms with van der Waals surface area (Å²) in [5.74, 6) is -0.435. The monoisotopic (exact) mass is 285 g/mol. The third kappa shape index (κ3) is 3.60. The Kier molecular flexibility index (Phi) is 4.41. The van der Waals surface area contributed by atoms with Gasteiger partial charge < -0.3 is 0 Å². The summed E-state index contributed by atoms with van der Waals surface area (Å²) in [6.07, 6.45) is 0.765. The maximum atomic E-state index is 11.7. The molecule has 0 aliphatic rings. The van der Waals surface area contributed by atoms with Crippen LogP contribution >= 0.6 is 0 Å². The fourth-order valence-corrected chi connectivity index (χ4v) is 2.49. The molecule has 19 heavy (non-hydrogen) atoms. The number of Topliss-reactive ketones (excluding diaryl/α,β-unsaturated/α-hetero) is 1. The van der Waals surface area contributed by atoms with Gasteiger partial charge in [0, 0.05) is 24.2 Å². The van der Waals surface area contributed by atoms with Gasteiger partial charge in [0.15, 0.2) is 9.84 Å². The molecule has 0 amide bonds. The molecule has 0 saturated carbocycles. The van der Waals surface area contributed by atoms with Crippen LogP contribution in [0.25, 0.3) is 0 Å². The average molecular weight is 285 g/mol. The van der Waals surface area contributed by atoms with Crippen LogP contribution in [-0.4, -0.2) is 25.4 Å². The number of ketones is 1. The summed E-state index contributed by atoms with van der Waals surface area (Å²) in [5, 5.41) is 11.1. The zero-order valence-electron chi connectivity index (χ0n) is 10.9. The van der Waals surface area contributed by atoms with E-state index in [1.165, 1.54) is 18.2 Å². The first-order valence-electron chi connectivity index (χ1n) is 5.63. The van der Waals surface area contributed by atoms with Crippen LogP contribution in [-0.2, 0) is 21.1 Å². The van der Waals surface area contributed by atoms with Gasteiger partial charge in [0.25, 0.3) is 5.69 Å². The Bertz CT molecular complexity index is 619. The summed E-state index contributed by atoms with van der Waals surface area (Å²) in [4.78, 5) is 21.6. The second-order valence-electron chi connectivity index (χ2n) is 4.59. The Morgan fingerprint density at radius 2 is 1.95 bits per heavy atom. The fraction of sp³-hybridized carbons (Fsp3) is 0.417. The minimum Gasteiger partial charge on any atom is -0.299 e. The highest BCUT2D eigenvalue weighted by Crippen LogP contribution is 2.28. The van der Waals surface area contributed by atoms with Gasteiger partial charge in [-0.25, -0.2) is 8.42 Å². The van der Waals surface area contributed by atoms with E-state index in [1.807, 2.05) is 0 Å². The lowest BCUT2D eigenvalue weighted by molar-refractivity contribution is -0.388. The SMILES string of the molecule is CC(C)C(=O)Cc1cccc(S(C)(=O)=O)c1[N+](=O)[O-]. The van der Waals surface area contributed by atoms with Crippen LogP contribution in [0.2, 0.25) is 0 Å². The van der Waals surface area contributed by atoms with E-state index in [0.29, 0.717) is 0 Å². The molecule has 0 N–H and O–H groups in total. The van der Waals surface area contributed by atoms with Gasteiger partial charge in [-0.15, -0.1) is 0 Å². The van der Waals surface area contributed by atoms with Gasteiger partial charge in [0.2, 0.25) is 0 Å². The van der Waals surface area contributed by atoms with Crippen molar-refractivity contribution in [1.29, 1.82) is 0 Å². The summed E-state index contributed by atoms with van der Waals surface area (Å²) >= 11 is 0. The zero-order valence-corrected chi connectivity index (χ0v) is 11.7. The normalized spacial score (nSPS) is 11.6. The highest BCUT2D eigenvalue weighted by Gasteiger charge is 2.27. The van der Waals surface area contributed by atoms with Gasteiger partial charge >= 0.3 is 0 Å². The van der Waals surface area contributed by atoms with Crippen molar-refractivity contribution < 1.29 is 18.1 Å². The van der Waals surface area contributed by atoms with Crippen LogP contribution in [0.5, 0.6) is 0 Å². The molecular formula is C12H15NO5S. The van der Waals surface area contributed by atoms with Crippen molar-refractivity contribution in [1.82, 2.24) is 0 Å². The van der Waals surface area contributed by atoms with Gasteiger partial charge in [-0.05, 0) is 6.07 Å². The first kappa shape index (κ1) is 15.3. The summed E-state index contributed by atoms with van der Waals surface area (Å²) in [6, 6.07) is 4.00. The van der Waals surface area contributed by atoms with Crippen molar-refractivity contribution in [3.63, 3.8) is 0 Å². The average Bonchev–Trinajstić information content (AvgIpc) is 2.26. The number of nitro groups is 1. The predicted octanol–water partition coefficient (Wildman–Crippen LogP) is 1.77. The van der Waals surface area contributed by atoms with Crippen LogP contribution in [0.1, 0.15) is 19.4 Å². The van der Waals surface area contributed by atoms with Crippen LogP contribution in [0.4, 0.5) is 5.69 Å². The lowest BCUT2D eigenvalue weighted by Gasteiger charge is -2.07.